The molecule has 0 saturated carbocycles. The van der Waals surface area contributed by atoms with Gasteiger partial charge in [-0.3, -0.25) is 9.59 Å². The normalized spacial score (nSPS) is 11.7. The maximum atomic E-state index is 13.7. The van der Waals surface area contributed by atoms with E-state index in [1.807, 2.05) is 67.6 Å². The summed E-state index contributed by atoms with van der Waals surface area (Å²) in [4.78, 5) is 28.8. The van der Waals surface area contributed by atoms with Gasteiger partial charge in [0, 0.05) is 19.5 Å². The van der Waals surface area contributed by atoms with Crippen molar-refractivity contribution in [3.8, 4) is 0 Å². The third-order valence-corrected chi connectivity index (χ3v) is 6.61. The number of hydrogen-bond donors (Lipinski definition) is 1. The van der Waals surface area contributed by atoms with Gasteiger partial charge < -0.3 is 10.2 Å². The summed E-state index contributed by atoms with van der Waals surface area (Å²) >= 11 is 12.4. The summed E-state index contributed by atoms with van der Waals surface area (Å²) in [5.74, 6) is -0.270. The summed E-state index contributed by atoms with van der Waals surface area (Å²) in [6.45, 7) is 4.91. The molecule has 4 nitrogen and oxygen atoms in total. The zero-order chi connectivity index (χ0) is 25.2. The molecule has 0 aromatic heterocycles. The lowest BCUT2D eigenvalue weighted by molar-refractivity contribution is -0.140. The maximum absolute atomic E-state index is 13.7. The first-order chi connectivity index (χ1) is 16.9. The molecule has 0 spiro atoms. The number of aryl methyl sites for hydroxylation is 1. The number of benzene rings is 3. The highest BCUT2D eigenvalue weighted by molar-refractivity contribution is 6.42. The molecule has 0 aliphatic rings. The van der Waals surface area contributed by atoms with Crippen molar-refractivity contribution in [3.63, 3.8) is 0 Å². The van der Waals surface area contributed by atoms with Crippen molar-refractivity contribution in [2.75, 3.05) is 6.54 Å². The Hall–Kier alpha value is -2.82. The molecule has 0 fully saturated rings. The van der Waals surface area contributed by atoms with Gasteiger partial charge in [-0.05, 0) is 42.2 Å². The van der Waals surface area contributed by atoms with E-state index >= 15 is 0 Å². The van der Waals surface area contributed by atoms with E-state index in [1.54, 1.807) is 17.0 Å². The Morgan fingerprint density at radius 1 is 0.886 bits per heavy atom. The van der Waals surface area contributed by atoms with Crippen LogP contribution in [0.2, 0.25) is 10.0 Å². The summed E-state index contributed by atoms with van der Waals surface area (Å²) in [7, 11) is 0. The van der Waals surface area contributed by atoms with Crippen molar-refractivity contribution >= 4 is 35.0 Å². The fourth-order valence-corrected chi connectivity index (χ4v) is 4.31. The minimum absolute atomic E-state index is 0.117. The molecule has 0 saturated heterocycles. The fourth-order valence-electron chi connectivity index (χ4n) is 3.99. The van der Waals surface area contributed by atoms with Gasteiger partial charge in [-0.2, -0.15) is 0 Å². The lowest BCUT2D eigenvalue weighted by atomic mass is 10.0. The van der Waals surface area contributed by atoms with Crippen LogP contribution in [0, 0.1) is 6.92 Å². The SMILES string of the molecule is CCCCNC(=O)[C@H](Cc1ccccc1)N(Cc1ccc(Cl)c(Cl)c1)C(=O)Cc1cccc(C)c1. The van der Waals surface area contributed by atoms with Crippen LogP contribution in [0.4, 0.5) is 0 Å². The quantitative estimate of drug-likeness (QED) is 0.303. The minimum Gasteiger partial charge on any atom is -0.354 e. The average molecular weight is 511 g/mol. The molecule has 3 rings (SSSR count). The molecular formula is C29H32Cl2N2O2. The van der Waals surface area contributed by atoms with Crippen molar-refractivity contribution in [3.05, 3.63) is 105 Å². The molecule has 0 aliphatic heterocycles. The van der Waals surface area contributed by atoms with Gasteiger partial charge in [-0.15, -0.1) is 0 Å². The Morgan fingerprint density at radius 2 is 1.63 bits per heavy atom. The molecule has 3 aromatic rings. The number of unbranched alkanes of at least 4 members (excludes halogenated alkanes) is 1. The van der Waals surface area contributed by atoms with E-state index in [0.29, 0.717) is 23.0 Å². The van der Waals surface area contributed by atoms with Crippen molar-refractivity contribution in [1.82, 2.24) is 10.2 Å². The molecule has 1 atom stereocenters. The van der Waals surface area contributed by atoms with E-state index in [1.165, 1.54) is 0 Å². The van der Waals surface area contributed by atoms with Gasteiger partial charge in [0.1, 0.15) is 6.04 Å². The van der Waals surface area contributed by atoms with Crippen LogP contribution in [0.25, 0.3) is 0 Å². The largest absolute Gasteiger partial charge is 0.354 e. The molecule has 0 unspecified atom stereocenters. The molecule has 0 aliphatic carbocycles. The predicted molar refractivity (Wildman–Crippen MR) is 144 cm³/mol. The lowest BCUT2D eigenvalue weighted by Crippen LogP contribution is -2.51. The molecule has 1 N–H and O–H groups in total. The second-order valence-corrected chi connectivity index (χ2v) is 9.60. The van der Waals surface area contributed by atoms with Crippen LogP contribution in [-0.2, 0) is 29.0 Å². The second kappa shape index (κ2) is 13.3. The number of halogens is 2. The van der Waals surface area contributed by atoms with Crippen LogP contribution in [0.15, 0.2) is 72.8 Å². The van der Waals surface area contributed by atoms with Crippen molar-refractivity contribution in [2.45, 2.75) is 52.1 Å². The standard InChI is InChI=1S/C29H32Cl2N2O2/c1-3-4-15-32-29(35)27(18-22-10-6-5-7-11-22)33(20-24-13-14-25(30)26(31)17-24)28(34)19-23-12-8-9-21(2)16-23/h5-14,16-17,27H,3-4,15,18-20H2,1-2H3,(H,32,35)/t27-/m0/s1. The summed E-state index contributed by atoms with van der Waals surface area (Å²) in [5, 5.41) is 3.91. The van der Waals surface area contributed by atoms with Gasteiger partial charge >= 0.3 is 0 Å². The van der Waals surface area contributed by atoms with Gasteiger partial charge in [-0.1, -0.05) is 103 Å². The minimum atomic E-state index is -0.666. The molecule has 0 bridgehead atoms. The first-order valence-electron chi connectivity index (χ1n) is 12.0. The van der Waals surface area contributed by atoms with Crippen LogP contribution in [0.5, 0.6) is 0 Å². The van der Waals surface area contributed by atoms with Crippen molar-refractivity contribution in [2.24, 2.45) is 0 Å². The Kier molecular flexibility index (Phi) is 10.2. The number of carbonyl (C=O) groups excluding carboxylic acids is 2. The Morgan fingerprint density at radius 3 is 2.31 bits per heavy atom. The third kappa shape index (κ3) is 8.12. The van der Waals surface area contributed by atoms with Crippen LogP contribution < -0.4 is 5.32 Å². The summed E-state index contributed by atoms with van der Waals surface area (Å²) < 4.78 is 0. The zero-order valence-electron chi connectivity index (χ0n) is 20.3. The van der Waals surface area contributed by atoms with Crippen LogP contribution in [0.3, 0.4) is 0 Å². The van der Waals surface area contributed by atoms with E-state index in [4.69, 9.17) is 23.2 Å². The first-order valence-corrected chi connectivity index (χ1v) is 12.7. The van der Waals surface area contributed by atoms with E-state index in [9.17, 15) is 9.59 Å². The Balaban J connectivity index is 1.96. The molecule has 184 valence electrons. The molecule has 0 heterocycles. The van der Waals surface area contributed by atoms with E-state index in [-0.39, 0.29) is 24.8 Å². The molecule has 6 heteroatoms. The molecule has 3 aromatic carbocycles. The van der Waals surface area contributed by atoms with Crippen LogP contribution >= 0.6 is 23.2 Å². The number of rotatable bonds is 11. The number of nitrogens with one attached hydrogen (secondary N) is 1. The topological polar surface area (TPSA) is 49.4 Å². The molecule has 0 radical (unpaired) electrons. The smallest absolute Gasteiger partial charge is 0.243 e. The van der Waals surface area contributed by atoms with Crippen LogP contribution in [0.1, 0.15) is 42.0 Å². The van der Waals surface area contributed by atoms with Crippen LogP contribution in [-0.4, -0.2) is 29.3 Å². The molecule has 35 heavy (non-hydrogen) atoms. The summed E-state index contributed by atoms with van der Waals surface area (Å²) in [6.07, 6.45) is 2.48. The monoisotopic (exact) mass is 510 g/mol. The van der Waals surface area contributed by atoms with Crippen molar-refractivity contribution in [1.29, 1.82) is 0 Å². The number of carbonyl (C=O) groups is 2. The molecular weight excluding hydrogens is 479 g/mol. The van der Waals surface area contributed by atoms with Gasteiger partial charge in [0.15, 0.2) is 0 Å². The highest BCUT2D eigenvalue weighted by Gasteiger charge is 2.30. The number of hydrogen-bond acceptors (Lipinski definition) is 2. The number of nitrogens with zero attached hydrogens (tertiary/aromatic N) is 1. The average Bonchev–Trinajstić information content (AvgIpc) is 2.84. The predicted octanol–water partition coefficient (Wildman–Crippen LogP) is 6.40. The highest BCUT2D eigenvalue weighted by atomic mass is 35.5. The van der Waals surface area contributed by atoms with Gasteiger partial charge in [-0.25, -0.2) is 0 Å². The van der Waals surface area contributed by atoms with E-state index in [2.05, 4.69) is 12.2 Å². The number of amides is 2. The second-order valence-electron chi connectivity index (χ2n) is 8.79. The third-order valence-electron chi connectivity index (χ3n) is 5.88. The first kappa shape index (κ1) is 26.8. The highest BCUT2D eigenvalue weighted by Crippen LogP contribution is 2.24. The van der Waals surface area contributed by atoms with Gasteiger partial charge in [0.25, 0.3) is 0 Å². The van der Waals surface area contributed by atoms with Gasteiger partial charge in [0.2, 0.25) is 11.8 Å². The fraction of sp³-hybridized carbons (Fsp3) is 0.310. The van der Waals surface area contributed by atoms with Crippen molar-refractivity contribution < 1.29 is 9.59 Å². The summed E-state index contributed by atoms with van der Waals surface area (Å²) in [5.41, 5.74) is 3.81. The zero-order valence-corrected chi connectivity index (χ0v) is 21.8. The van der Waals surface area contributed by atoms with E-state index in [0.717, 1.165) is 35.1 Å². The Labute approximate surface area is 218 Å². The van der Waals surface area contributed by atoms with E-state index < -0.39 is 6.04 Å². The Bertz CT molecular complexity index is 1130. The van der Waals surface area contributed by atoms with Gasteiger partial charge in [0.05, 0.1) is 16.5 Å². The lowest BCUT2D eigenvalue weighted by Gasteiger charge is -2.32. The maximum Gasteiger partial charge on any atom is 0.243 e. The molecule has 2 amide bonds. The summed E-state index contributed by atoms with van der Waals surface area (Å²) in [6, 6.07) is 22.3.